The molecule has 8 heteroatoms. The molecule has 0 unspecified atom stereocenters. The van der Waals surface area contributed by atoms with Crippen LogP contribution < -0.4 is 26.3 Å². The SMILES string of the molecule is CCOc1ccc(-[n+]2cc(-c3ccc([N+](=O)[O-])cc3)n3nc(-c4ccc(C)cc4)c4ccccc4c32)cc1.[Br-]. The number of non-ortho nitro benzene ring substituents is 1. The molecule has 0 atom stereocenters. The fraction of sp³-hybridized carbons (Fsp3) is 0.0968. The second-order valence-corrected chi connectivity index (χ2v) is 9.11. The van der Waals surface area contributed by atoms with Gasteiger partial charge in [0.05, 0.1) is 16.9 Å². The largest absolute Gasteiger partial charge is 1.00 e. The van der Waals surface area contributed by atoms with Crippen molar-refractivity contribution in [3.63, 3.8) is 0 Å². The van der Waals surface area contributed by atoms with E-state index in [1.54, 1.807) is 12.1 Å². The van der Waals surface area contributed by atoms with E-state index >= 15 is 0 Å². The molecule has 39 heavy (non-hydrogen) atoms. The Morgan fingerprint density at radius 2 is 1.51 bits per heavy atom. The fourth-order valence-electron chi connectivity index (χ4n) is 4.78. The number of benzene rings is 4. The lowest BCUT2D eigenvalue weighted by Gasteiger charge is -2.07. The lowest BCUT2D eigenvalue weighted by Crippen LogP contribution is -3.00. The van der Waals surface area contributed by atoms with Gasteiger partial charge in [-0.25, -0.2) is 0 Å². The average molecular weight is 581 g/mol. The van der Waals surface area contributed by atoms with Crippen LogP contribution in [0, 0.1) is 17.0 Å². The van der Waals surface area contributed by atoms with Crippen LogP contribution >= 0.6 is 0 Å². The molecule has 0 aliphatic heterocycles. The van der Waals surface area contributed by atoms with E-state index in [4.69, 9.17) is 9.84 Å². The number of nitro groups is 1. The Hall–Kier alpha value is -4.56. The van der Waals surface area contributed by atoms with Gasteiger partial charge in [-0.05, 0) is 56.3 Å². The summed E-state index contributed by atoms with van der Waals surface area (Å²) < 4.78 is 9.70. The number of nitro benzene ring substituents is 1. The van der Waals surface area contributed by atoms with Crippen LogP contribution in [0.3, 0.4) is 0 Å². The van der Waals surface area contributed by atoms with Crippen molar-refractivity contribution in [2.75, 3.05) is 6.61 Å². The van der Waals surface area contributed by atoms with E-state index < -0.39 is 0 Å². The topological polar surface area (TPSA) is 73.5 Å². The van der Waals surface area contributed by atoms with Crippen molar-refractivity contribution in [2.45, 2.75) is 13.8 Å². The molecule has 6 aromatic rings. The third-order valence-corrected chi connectivity index (χ3v) is 6.66. The molecule has 194 valence electrons. The highest BCUT2D eigenvalue weighted by molar-refractivity contribution is 6.01. The third-order valence-electron chi connectivity index (χ3n) is 6.66. The van der Waals surface area contributed by atoms with E-state index in [1.165, 1.54) is 17.7 Å². The van der Waals surface area contributed by atoms with E-state index in [9.17, 15) is 10.1 Å². The number of aryl methyl sites for hydroxylation is 1. The average Bonchev–Trinajstić information content (AvgIpc) is 3.33. The number of rotatable bonds is 6. The number of fused-ring (bicyclic) bond motifs is 3. The first-order valence-corrected chi connectivity index (χ1v) is 12.4. The number of ether oxygens (including phenoxy) is 1. The van der Waals surface area contributed by atoms with Gasteiger partial charge in [0, 0.05) is 28.6 Å². The first kappa shape index (κ1) is 26.1. The molecule has 0 aliphatic carbocycles. The summed E-state index contributed by atoms with van der Waals surface area (Å²) in [4.78, 5) is 10.9. The third kappa shape index (κ3) is 4.75. The van der Waals surface area contributed by atoms with Crippen molar-refractivity contribution in [3.05, 3.63) is 119 Å². The Morgan fingerprint density at radius 3 is 2.15 bits per heavy atom. The summed E-state index contributed by atoms with van der Waals surface area (Å²) in [6.07, 6.45) is 2.03. The summed E-state index contributed by atoms with van der Waals surface area (Å²) in [5.74, 6) is 0.806. The molecule has 0 amide bonds. The van der Waals surface area contributed by atoms with Crippen LogP contribution in [0.15, 0.2) is 103 Å². The maximum absolute atomic E-state index is 11.3. The Labute approximate surface area is 235 Å². The molecule has 0 fully saturated rings. The molecular formula is C31H25BrN4O3. The Kier molecular flexibility index (Phi) is 7.13. The Bertz CT molecular complexity index is 1800. The molecule has 0 radical (unpaired) electrons. The van der Waals surface area contributed by atoms with Crippen LogP contribution in [0.2, 0.25) is 0 Å². The molecule has 7 nitrogen and oxygen atoms in total. The molecule has 0 bridgehead atoms. The molecule has 0 aliphatic rings. The zero-order chi connectivity index (χ0) is 26.2. The number of hydrogen-bond acceptors (Lipinski definition) is 4. The monoisotopic (exact) mass is 580 g/mol. The summed E-state index contributed by atoms with van der Waals surface area (Å²) in [7, 11) is 0. The smallest absolute Gasteiger partial charge is 0.320 e. The van der Waals surface area contributed by atoms with Gasteiger partial charge in [-0.15, -0.1) is 0 Å². The summed E-state index contributed by atoms with van der Waals surface area (Å²) in [6.45, 7) is 4.63. The first-order chi connectivity index (χ1) is 18.5. The zero-order valence-electron chi connectivity index (χ0n) is 21.4. The fourth-order valence-corrected chi connectivity index (χ4v) is 4.78. The van der Waals surface area contributed by atoms with E-state index in [-0.39, 0.29) is 27.6 Å². The Morgan fingerprint density at radius 1 is 0.872 bits per heavy atom. The zero-order valence-corrected chi connectivity index (χ0v) is 23.0. The van der Waals surface area contributed by atoms with Gasteiger partial charge in [-0.2, -0.15) is 4.57 Å². The van der Waals surface area contributed by atoms with Gasteiger partial charge in [0.2, 0.25) is 5.69 Å². The quantitative estimate of drug-likeness (QED) is 0.171. The predicted molar refractivity (Wildman–Crippen MR) is 148 cm³/mol. The minimum absolute atomic E-state index is 0. The summed E-state index contributed by atoms with van der Waals surface area (Å²) in [6, 6.07) is 31.2. The Balaban J connectivity index is 0.00000308. The minimum atomic E-state index is -0.388. The van der Waals surface area contributed by atoms with Gasteiger partial charge in [-0.3, -0.25) is 10.1 Å². The summed E-state index contributed by atoms with van der Waals surface area (Å²) in [5, 5.41) is 18.5. The highest BCUT2D eigenvalue weighted by Gasteiger charge is 2.26. The van der Waals surface area contributed by atoms with Crippen LogP contribution in [0.1, 0.15) is 12.5 Å². The number of nitrogens with zero attached hydrogens (tertiary/aromatic N) is 4. The normalized spacial score (nSPS) is 10.9. The molecule has 0 N–H and O–H groups in total. The molecular weight excluding hydrogens is 556 g/mol. The summed E-state index contributed by atoms with van der Waals surface area (Å²) >= 11 is 0. The lowest BCUT2D eigenvalue weighted by atomic mass is 10.0. The predicted octanol–water partition coefficient (Wildman–Crippen LogP) is 3.72. The van der Waals surface area contributed by atoms with Gasteiger partial charge >= 0.3 is 5.65 Å². The second-order valence-electron chi connectivity index (χ2n) is 9.11. The number of aromatic nitrogens is 3. The highest BCUT2D eigenvalue weighted by atomic mass is 79.9. The van der Waals surface area contributed by atoms with Crippen molar-refractivity contribution >= 4 is 22.1 Å². The van der Waals surface area contributed by atoms with Gasteiger partial charge in [0.15, 0.2) is 0 Å². The molecule has 4 aromatic carbocycles. The van der Waals surface area contributed by atoms with Crippen molar-refractivity contribution < 1.29 is 31.2 Å². The van der Waals surface area contributed by atoms with Crippen molar-refractivity contribution in [3.8, 4) is 34.0 Å². The molecule has 0 saturated carbocycles. The number of hydrogen-bond donors (Lipinski definition) is 0. The number of halogens is 1. The molecule has 0 spiro atoms. The molecule has 2 aromatic heterocycles. The van der Waals surface area contributed by atoms with Gasteiger partial charge < -0.3 is 21.7 Å². The molecule has 6 rings (SSSR count). The molecule has 0 saturated heterocycles. The molecule has 2 heterocycles. The van der Waals surface area contributed by atoms with Gasteiger partial charge in [0.25, 0.3) is 5.69 Å². The van der Waals surface area contributed by atoms with Gasteiger partial charge in [0.1, 0.15) is 23.3 Å². The van der Waals surface area contributed by atoms with Crippen LogP contribution in [0.5, 0.6) is 5.75 Å². The lowest BCUT2D eigenvalue weighted by molar-refractivity contribution is -0.565. The maximum Gasteiger partial charge on any atom is 0.320 e. The van der Waals surface area contributed by atoms with Gasteiger partial charge in [-0.1, -0.05) is 57.6 Å². The standard InChI is InChI=1S/C31H25N4O3.BrH/c1-3-38-26-18-16-24(17-19-26)33-20-29(22-12-14-25(15-13-22)35(36)37)34-31(33)28-7-5-4-6-27(28)30(32-34)23-10-8-21(2)9-11-23;/h4-20H,3H2,1-2H3;1H/q+1;/p-1. The highest BCUT2D eigenvalue weighted by Crippen LogP contribution is 2.32. The second kappa shape index (κ2) is 10.7. The van der Waals surface area contributed by atoms with Crippen LogP contribution in [-0.4, -0.2) is 21.1 Å². The van der Waals surface area contributed by atoms with Crippen LogP contribution in [-0.2, 0) is 0 Å². The summed E-state index contributed by atoms with van der Waals surface area (Å²) in [5.41, 5.74) is 6.61. The maximum atomic E-state index is 11.3. The van der Waals surface area contributed by atoms with E-state index in [1.807, 2.05) is 54.0 Å². The first-order valence-electron chi connectivity index (χ1n) is 12.4. The van der Waals surface area contributed by atoms with Crippen molar-refractivity contribution in [1.82, 2.24) is 9.61 Å². The van der Waals surface area contributed by atoms with E-state index in [0.29, 0.717) is 6.61 Å². The minimum Gasteiger partial charge on any atom is -1.00 e. The number of imidazole rings is 1. The van der Waals surface area contributed by atoms with Crippen molar-refractivity contribution in [1.29, 1.82) is 0 Å². The van der Waals surface area contributed by atoms with E-state index in [0.717, 1.165) is 50.4 Å². The van der Waals surface area contributed by atoms with Crippen LogP contribution in [0.25, 0.3) is 44.6 Å². The van der Waals surface area contributed by atoms with E-state index in [2.05, 4.69) is 47.9 Å². The van der Waals surface area contributed by atoms with Crippen LogP contribution in [0.4, 0.5) is 5.69 Å². The van der Waals surface area contributed by atoms with Crippen molar-refractivity contribution in [2.24, 2.45) is 0 Å².